The summed E-state index contributed by atoms with van der Waals surface area (Å²) in [5.74, 6) is 2.12. The van der Waals surface area contributed by atoms with Gasteiger partial charge in [0, 0.05) is 19.3 Å². The third-order valence-corrected chi connectivity index (χ3v) is 2.48. The van der Waals surface area contributed by atoms with Gasteiger partial charge >= 0.3 is 0 Å². The summed E-state index contributed by atoms with van der Waals surface area (Å²) in [5, 5.41) is 0. The van der Waals surface area contributed by atoms with E-state index in [4.69, 9.17) is 11.6 Å². The van der Waals surface area contributed by atoms with Gasteiger partial charge in [-0.1, -0.05) is 0 Å². The van der Waals surface area contributed by atoms with Crippen LogP contribution in [0.25, 0.3) is 0 Å². The lowest BCUT2D eigenvalue weighted by Gasteiger charge is -2.15. The van der Waals surface area contributed by atoms with Crippen molar-refractivity contribution in [2.24, 2.45) is 0 Å². The standard InChI is InChI=1S/C9H12ClN3.ClH/c10-7-8-11-4-3-9(12-8)13-5-1-2-6-13;/h3-4H,1-2,5-7H2;1H. The summed E-state index contributed by atoms with van der Waals surface area (Å²) in [6, 6.07) is 1.95. The van der Waals surface area contributed by atoms with Crippen LogP contribution in [0, 0.1) is 0 Å². The van der Waals surface area contributed by atoms with Gasteiger partial charge in [-0.05, 0) is 18.9 Å². The van der Waals surface area contributed by atoms with E-state index in [9.17, 15) is 0 Å². The molecule has 1 aromatic heterocycles. The number of halogens is 2. The molecule has 0 spiro atoms. The highest BCUT2D eigenvalue weighted by atomic mass is 35.5. The molecule has 0 aromatic carbocycles. The molecule has 0 unspecified atom stereocenters. The molecular formula is C9H13Cl2N3. The lowest BCUT2D eigenvalue weighted by atomic mass is 10.4. The zero-order chi connectivity index (χ0) is 9.10. The first kappa shape index (κ1) is 11.5. The Morgan fingerprint density at radius 2 is 2.07 bits per heavy atom. The van der Waals surface area contributed by atoms with Crippen molar-refractivity contribution in [1.82, 2.24) is 9.97 Å². The predicted octanol–water partition coefficient (Wildman–Crippen LogP) is 2.24. The minimum Gasteiger partial charge on any atom is -0.357 e. The molecule has 5 heteroatoms. The number of hydrogen-bond acceptors (Lipinski definition) is 3. The van der Waals surface area contributed by atoms with Gasteiger partial charge in [-0.25, -0.2) is 9.97 Å². The van der Waals surface area contributed by atoms with Crippen LogP contribution in [0.3, 0.4) is 0 Å². The maximum Gasteiger partial charge on any atom is 0.145 e. The average Bonchev–Trinajstić information content (AvgIpc) is 2.71. The molecular weight excluding hydrogens is 221 g/mol. The van der Waals surface area contributed by atoms with Crippen molar-refractivity contribution < 1.29 is 0 Å². The van der Waals surface area contributed by atoms with Gasteiger partial charge in [-0.3, -0.25) is 0 Å². The molecule has 2 heterocycles. The van der Waals surface area contributed by atoms with Crippen LogP contribution >= 0.6 is 24.0 Å². The van der Waals surface area contributed by atoms with E-state index in [0.29, 0.717) is 11.7 Å². The lowest BCUT2D eigenvalue weighted by Crippen LogP contribution is -2.19. The van der Waals surface area contributed by atoms with E-state index in [1.807, 2.05) is 6.07 Å². The second kappa shape index (κ2) is 5.37. The van der Waals surface area contributed by atoms with Crippen molar-refractivity contribution in [3.63, 3.8) is 0 Å². The number of rotatable bonds is 2. The highest BCUT2D eigenvalue weighted by Crippen LogP contribution is 2.17. The van der Waals surface area contributed by atoms with E-state index in [0.717, 1.165) is 18.9 Å². The van der Waals surface area contributed by atoms with Gasteiger partial charge in [-0.15, -0.1) is 24.0 Å². The highest BCUT2D eigenvalue weighted by molar-refractivity contribution is 6.16. The largest absolute Gasteiger partial charge is 0.357 e. The van der Waals surface area contributed by atoms with Gasteiger partial charge in [0.25, 0.3) is 0 Å². The number of hydrogen-bond donors (Lipinski definition) is 0. The van der Waals surface area contributed by atoms with Crippen molar-refractivity contribution in [3.8, 4) is 0 Å². The summed E-state index contributed by atoms with van der Waals surface area (Å²) in [7, 11) is 0. The van der Waals surface area contributed by atoms with Crippen molar-refractivity contribution in [1.29, 1.82) is 0 Å². The fourth-order valence-electron chi connectivity index (χ4n) is 1.58. The molecule has 78 valence electrons. The molecule has 0 radical (unpaired) electrons. The Labute approximate surface area is 94.9 Å². The van der Waals surface area contributed by atoms with Crippen LogP contribution in [-0.4, -0.2) is 23.1 Å². The van der Waals surface area contributed by atoms with Crippen molar-refractivity contribution >= 4 is 29.8 Å². The molecule has 1 fully saturated rings. The van der Waals surface area contributed by atoms with E-state index >= 15 is 0 Å². The summed E-state index contributed by atoms with van der Waals surface area (Å²) in [6.45, 7) is 2.22. The maximum atomic E-state index is 5.66. The third-order valence-electron chi connectivity index (χ3n) is 2.24. The summed E-state index contributed by atoms with van der Waals surface area (Å²) < 4.78 is 0. The fourth-order valence-corrected chi connectivity index (χ4v) is 1.70. The minimum absolute atomic E-state index is 0. The Kier molecular flexibility index (Phi) is 4.42. The van der Waals surface area contributed by atoms with Crippen LogP contribution in [0.1, 0.15) is 18.7 Å². The summed E-state index contributed by atoms with van der Waals surface area (Å²) in [6.07, 6.45) is 4.30. The zero-order valence-electron chi connectivity index (χ0n) is 7.82. The topological polar surface area (TPSA) is 29.0 Å². The lowest BCUT2D eigenvalue weighted by molar-refractivity contribution is 0.905. The Bertz CT molecular complexity index is 287. The predicted molar refractivity (Wildman–Crippen MR) is 60.3 cm³/mol. The summed E-state index contributed by atoms with van der Waals surface area (Å²) in [5.41, 5.74) is 0. The monoisotopic (exact) mass is 233 g/mol. The minimum atomic E-state index is 0. The normalized spacial score (nSPS) is 15.4. The van der Waals surface area contributed by atoms with Gasteiger partial charge in [-0.2, -0.15) is 0 Å². The first-order valence-electron chi connectivity index (χ1n) is 4.53. The van der Waals surface area contributed by atoms with Crippen molar-refractivity contribution in [2.45, 2.75) is 18.7 Å². The first-order chi connectivity index (χ1) is 6.40. The number of anilines is 1. The molecule has 3 nitrogen and oxygen atoms in total. The molecule has 1 aliphatic rings. The van der Waals surface area contributed by atoms with Crippen molar-refractivity contribution in [3.05, 3.63) is 18.1 Å². The number of aromatic nitrogens is 2. The molecule has 2 rings (SSSR count). The Morgan fingerprint density at radius 3 is 2.71 bits per heavy atom. The number of nitrogens with zero attached hydrogens (tertiary/aromatic N) is 3. The van der Waals surface area contributed by atoms with Crippen LogP contribution in [0.2, 0.25) is 0 Å². The molecule has 0 bridgehead atoms. The smallest absolute Gasteiger partial charge is 0.145 e. The molecule has 0 aliphatic carbocycles. The van der Waals surface area contributed by atoms with Gasteiger partial charge < -0.3 is 4.90 Å². The van der Waals surface area contributed by atoms with Gasteiger partial charge in [0.05, 0.1) is 5.88 Å². The Morgan fingerprint density at radius 1 is 1.36 bits per heavy atom. The van der Waals surface area contributed by atoms with Crippen LogP contribution in [0.4, 0.5) is 5.82 Å². The molecule has 0 atom stereocenters. The second-order valence-electron chi connectivity index (χ2n) is 3.16. The zero-order valence-corrected chi connectivity index (χ0v) is 9.39. The highest BCUT2D eigenvalue weighted by Gasteiger charge is 2.13. The number of alkyl halides is 1. The summed E-state index contributed by atoms with van der Waals surface area (Å²) in [4.78, 5) is 10.7. The molecule has 0 amide bonds. The van der Waals surface area contributed by atoms with Crippen LogP contribution in [0.15, 0.2) is 12.3 Å². The van der Waals surface area contributed by atoms with Gasteiger partial charge in [0.2, 0.25) is 0 Å². The molecule has 0 saturated carbocycles. The Hall–Kier alpha value is -0.540. The van der Waals surface area contributed by atoms with E-state index in [2.05, 4.69) is 14.9 Å². The molecule has 0 N–H and O–H groups in total. The molecule has 1 aliphatic heterocycles. The van der Waals surface area contributed by atoms with Gasteiger partial charge in [0.1, 0.15) is 11.6 Å². The quantitative estimate of drug-likeness (QED) is 0.735. The Balaban J connectivity index is 0.000000980. The molecule has 1 aromatic rings. The molecule has 14 heavy (non-hydrogen) atoms. The second-order valence-corrected chi connectivity index (χ2v) is 3.43. The van der Waals surface area contributed by atoms with Crippen LogP contribution in [-0.2, 0) is 5.88 Å². The van der Waals surface area contributed by atoms with E-state index < -0.39 is 0 Å². The SMILES string of the molecule is Cl.ClCc1nccc(N2CCCC2)n1. The van der Waals surface area contributed by atoms with Crippen molar-refractivity contribution in [2.75, 3.05) is 18.0 Å². The fraction of sp³-hybridized carbons (Fsp3) is 0.556. The van der Waals surface area contributed by atoms with E-state index in [1.54, 1.807) is 6.20 Å². The van der Waals surface area contributed by atoms with E-state index in [-0.39, 0.29) is 12.4 Å². The summed E-state index contributed by atoms with van der Waals surface area (Å²) >= 11 is 5.66. The first-order valence-corrected chi connectivity index (χ1v) is 5.06. The third kappa shape index (κ3) is 2.49. The average molecular weight is 234 g/mol. The van der Waals surface area contributed by atoms with Crippen LogP contribution in [0.5, 0.6) is 0 Å². The van der Waals surface area contributed by atoms with Crippen LogP contribution < -0.4 is 4.90 Å². The van der Waals surface area contributed by atoms with Gasteiger partial charge in [0.15, 0.2) is 0 Å². The molecule has 1 saturated heterocycles. The maximum absolute atomic E-state index is 5.66. The van der Waals surface area contributed by atoms with E-state index in [1.165, 1.54) is 12.8 Å².